The number of carbonyl (C=O) groups is 1. The van der Waals surface area contributed by atoms with E-state index in [1.165, 1.54) is 11.8 Å². The maximum atomic E-state index is 12.5. The molecule has 8 heteroatoms. The minimum Gasteiger partial charge on any atom is -0.325 e. The number of pyridine rings is 1. The Morgan fingerprint density at radius 3 is 2.68 bits per heavy atom. The number of amides is 1. The van der Waals surface area contributed by atoms with Gasteiger partial charge in [0.15, 0.2) is 11.0 Å². The number of nitrogens with one attached hydrogen (secondary N) is 1. The molecule has 1 amide bonds. The van der Waals surface area contributed by atoms with Crippen LogP contribution >= 0.6 is 23.5 Å². The van der Waals surface area contributed by atoms with Crippen molar-refractivity contribution in [3.63, 3.8) is 0 Å². The molecule has 0 atom stereocenters. The summed E-state index contributed by atoms with van der Waals surface area (Å²) in [7, 11) is 0. The normalized spacial score (nSPS) is 10.7. The minimum atomic E-state index is -0.0829. The first kappa shape index (κ1) is 21.1. The number of aromatic nitrogens is 4. The van der Waals surface area contributed by atoms with E-state index < -0.39 is 0 Å². The van der Waals surface area contributed by atoms with Gasteiger partial charge in [0, 0.05) is 28.5 Å². The highest BCUT2D eigenvalue weighted by molar-refractivity contribution is 7.99. The maximum absolute atomic E-state index is 12.5. The van der Waals surface area contributed by atoms with Crippen molar-refractivity contribution in [2.45, 2.75) is 16.6 Å². The average Bonchev–Trinajstić information content (AvgIpc) is 3.21. The molecule has 2 heterocycles. The van der Waals surface area contributed by atoms with Gasteiger partial charge >= 0.3 is 0 Å². The highest BCUT2D eigenvalue weighted by Crippen LogP contribution is 2.25. The van der Waals surface area contributed by atoms with E-state index in [1.807, 2.05) is 65.4 Å². The Balaban J connectivity index is 1.52. The summed E-state index contributed by atoms with van der Waals surface area (Å²) in [6.45, 7) is 0.609. The van der Waals surface area contributed by atoms with Crippen LogP contribution in [0.1, 0.15) is 5.56 Å². The van der Waals surface area contributed by atoms with Crippen LogP contribution in [0.25, 0.3) is 11.4 Å². The zero-order chi connectivity index (χ0) is 21.5. The Morgan fingerprint density at radius 2 is 1.90 bits per heavy atom. The van der Waals surface area contributed by atoms with Crippen molar-refractivity contribution < 1.29 is 4.79 Å². The van der Waals surface area contributed by atoms with E-state index >= 15 is 0 Å². The molecule has 2 aromatic carbocycles. The van der Waals surface area contributed by atoms with Crippen molar-refractivity contribution in [1.82, 2.24) is 19.7 Å². The van der Waals surface area contributed by atoms with Crippen LogP contribution in [-0.4, -0.2) is 37.7 Å². The molecule has 0 aliphatic heterocycles. The Kier molecular flexibility index (Phi) is 7.01. The van der Waals surface area contributed by atoms with Crippen LogP contribution in [0.4, 0.5) is 5.69 Å². The lowest BCUT2D eigenvalue weighted by atomic mass is 10.2. The van der Waals surface area contributed by atoms with Crippen LogP contribution in [0.3, 0.4) is 0 Å². The average molecular weight is 448 g/mol. The Hall–Kier alpha value is -3.10. The van der Waals surface area contributed by atoms with Gasteiger partial charge in [-0.05, 0) is 42.2 Å². The molecular weight excluding hydrogens is 426 g/mol. The summed E-state index contributed by atoms with van der Waals surface area (Å²) in [4.78, 5) is 17.8. The summed E-state index contributed by atoms with van der Waals surface area (Å²) in [6, 6.07) is 21.8. The molecule has 0 radical (unpaired) electrons. The van der Waals surface area contributed by atoms with Crippen LogP contribution in [0.15, 0.2) is 89.2 Å². The van der Waals surface area contributed by atoms with Crippen molar-refractivity contribution in [3.05, 3.63) is 84.7 Å². The summed E-state index contributed by atoms with van der Waals surface area (Å²) < 4.78 is 2.03. The lowest BCUT2D eigenvalue weighted by molar-refractivity contribution is -0.113. The number of thioether (sulfide) groups is 2. The molecule has 1 N–H and O–H groups in total. The number of nitrogens with zero attached hydrogens (tertiary/aromatic N) is 4. The van der Waals surface area contributed by atoms with Gasteiger partial charge in [-0.3, -0.25) is 14.3 Å². The monoisotopic (exact) mass is 447 g/mol. The molecule has 6 nitrogen and oxygen atoms in total. The van der Waals surface area contributed by atoms with Crippen LogP contribution < -0.4 is 5.32 Å². The third kappa shape index (κ3) is 5.53. The van der Waals surface area contributed by atoms with Crippen molar-refractivity contribution in [2.75, 3.05) is 17.3 Å². The van der Waals surface area contributed by atoms with E-state index in [9.17, 15) is 4.79 Å². The fourth-order valence-corrected chi connectivity index (χ4v) is 4.24. The first-order valence-corrected chi connectivity index (χ1v) is 11.9. The van der Waals surface area contributed by atoms with Crippen molar-refractivity contribution >= 4 is 35.1 Å². The SMILES string of the molecule is CSc1cccc(NC(=O)CSc2nnc(-c3cccnc3)n2Cc2ccccc2)c1. The van der Waals surface area contributed by atoms with Gasteiger partial charge in [-0.2, -0.15) is 0 Å². The summed E-state index contributed by atoms with van der Waals surface area (Å²) in [5.41, 5.74) is 2.81. The zero-order valence-corrected chi connectivity index (χ0v) is 18.6. The van der Waals surface area contributed by atoms with Crippen molar-refractivity contribution in [3.8, 4) is 11.4 Å². The Labute approximate surface area is 189 Å². The number of benzene rings is 2. The standard InChI is InChI=1S/C23H21N5OS2/c1-30-20-11-5-10-19(13-20)25-21(29)16-31-23-27-26-22(18-9-6-12-24-14-18)28(23)15-17-7-3-2-4-8-17/h2-14H,15-16H2,1H3,(H,25,29). The number of anilines is 1. The van der Waals surface area contributed by atoms with Gasteiger partial charge < -0.3 is 5.32 Å². The Bertz CT molecular complexity index is 1150. The molecule has 31 heavy (non-hydrogen) atoms. The van der Waals surface area contributed by atoms with E-state index in [0.29, 0.717) is 11.7 Å². The Morgan fingerprint density at radius 1 is 1.03 bits per heavy atom. The van der Waals surface area contributed by atoms with Gasteiger partial charge in [-0.25, -0.2) is 0 Å². The van der Waals surface area contributed by atoms with E-state index in [1.54, 1.807) is 24.2 Å². The van der Waals surface area contributed by atoms with Gasteiger partial charge in [0.25, 0.3) is 0 Å². The molecular formula is C23H21N5OS2. The van der Waals surface area contributed by atoms with Crippen LogP contribution in [0, 0.1) is 0 Å². The highest BCUT2D eigenvalue weighted by atomic mass is 32.2. The minimum absolute atomic E-state index is 0.0829. The molecule has 0 saturated carbocycles. The molecule has 0 saturated heterocycles. The van der Waals surface area contributed by atoms with Gasteiger partial charge in [-0.1, -0.05) is 48.2 Å². The molecule has 0 aliphatic carbocycles. The molecule has 0 unspecified atom stereocenters. The topological polar surface area (TPSA) is 72.7 Å². The van der Waals surface area contributed by atoms with Crippen LogP contribution in [0.2, 0.25) is 0 Å². The molecule has 4 aromatic rings. The third-order valence-electron chi connectivity index (χ3n) is 4.51. The van der Waals surface area contributed by atoms with E-state index in [4.69, 9.17) is 0 Å². The maximum Gasteiger partial charge on any atom is 0.234 e. The quantitative estimate of drug-likeness (QED) is 0.390. The summed E-state index contributed by atoms with van der Waals surface area (Å²) >= 11 is 3.01. The fourth-order valence-electron chi connectivity index (χ4n) is 3.04. The van der Waals surface area contributed by atoms with Crippen LogP contribution in [-0.2, 0) is 11.3 Å². The molecule has 4 rings (SSSR count). The van der Waals surface area contributed by atoms with E-state index in [-0.39, 0.29) is 11.7 Å². The first-order valence-electron chi connectivity index (χ1n) is 9.67. The molecule has 0 bridgehead atoms. The summed E-state index contributed by atoms with van der Waals surface area (Å²) in [6.07, 6.45) is 5.51. The van der Waals surface area contributed by atoms with E-state index in [0.717, 1.165) is 27.5 Å². The summed E-state index contributed by atoms with van der Waals surface area (Å²) in [5, 5.41) is 12.4. The van der Waals surface area contributed by atoms with Crippen molar-refractivity contribution in [2.24, 2.45) is 0 Å². The number of carbonyl (C=O) groups excluding carboxylic acids is 1. The van der Waals surface area contributed by atoms with Gasteiger partial charge in [0.1, 0.15) is 0 Å². The molecule has 0 spiro atoms. The third-order valence-corrected chi connectivity index (χ3v) is 6.20. The second kappa shape index (κ2) is 10.3. The lowest BCUT2D eigenvalue weighted by Gasteiger charge is -2.11. The lowest BCUT2D eigenvalue weighted by Crippen LogP contribution is -2.15. The van der Waals surface area contributed by atoms with Gasteiger partial charge in [0.05, 0.1) is 12.3 Å². The van der Waals surface area contributed by atoms with Gasteiger partial charge in [0.2, 0.25) is 5.91 Å². The number of hydrogen-bond donors (Lipinski definition) is 1. The molecule has 0 aliphatic rings. The predicted octanol–water partition coefficient (Wildman–Crippen LogP) is 4.84. The first-order chi connectivity index (χ1) is 15.2. The van der Waals surface area contributed by atoms with Crippen molar-refractivity contribution in [1.29, 1.82) is 0 Å². The predicted molar refractivity (Wildman–Crippen MR) is 126 cm³/mol. The highest BCUT2D eigenvalue weighted by Gasteiger charge is 2.16. The number of hydrogen-bond acceptors (Lipinski definition) is 6. The fraction of sp³-hybridized carbons (Fsp3) is 0.130. The summed E-state index contributed by atoms with van der Waals surface area (Å²) in [5.74, 6) is 0.886. The van der Waals surface area contributed by atoms with Crippen LogP contribution in [0.5, 0.6) is 0 Å². The number of rotatable bonds is 8. The second-order valence-electron chi connectivity index (χ2n) is 6.69. The molecule has 156 valence electrons. The van der Waals surface area contributed by atoms with E-state index in [2.05, 4.69) is 32.6 Å². The zero-order valence-electron chi connectivity index (χ0n) is 16.9. The molecule has 2 aromatic heterocycles. The largest absolute Gasteiger partial charge is 0.325 e. The molecule has 0 fully saturated rings. The second-order valence-corrected chi connectivity index (χ2v) is 8.51. The smallest absolute Gasteiger partial charge is 0.234 e. The van der Waals surface area contributed by atoms with Gasteiger partial charge in [-0.15, -0.1) is 22.0 Å².